The minimum absolute atomic E-state index is 0.0502. The van der Waals surface area contributed by atoms with E-state index in [2.05, 4.69) is 0 Å². The Balaban J connectivity index is 2.48. The number of aryl methyl sites for hydroxylation is 1. The van der Waals surface area contributed by atoms with Crippen molar-refractivity contribution in [3.05, 3.63) is 35.4 Å². The minimum atomic E-state index is -4.65. The third kappa shape index (κ3) is 4.36. The molecule has 2 atom stereocenters. The molecule has 0 aliphatic rings. The predicted octanol–water partition coefficient (Wildman–Crippen LogP) is 2.82. The van der Waals surface area contributed by atoms with Gasteiger partial charge in [-0.3, -0.25) is 0 Å². The molecular formula is C12H15F3O2. The third-order valence-corrected chi connectivity index (χ3v) is 2.41. The third-order valence-electron chi connectivity index (χ3n) is 2.41. The highest BCUT2D eigenvalue weighted by Gasteiger charge is 2.42. The van der Waals surface area contributed by atoms with Crippen molar-refractivity contribution in [3.8, 4) is 0 Å². The summed E-state index contributed by atoms with van der Waals surface area (Å²) in [6.07, 6.45) is -8.38. The van der Waals surface area contributed by atoms with E-state index in [1.54, 1.807) is 12.1 Å². The Morgan fingerprint density at radius 3 is 2.24 bits per heavy atom. The minimum Gasteiger partial charge on any atom is -0.381 e. The molecule has 2 nitrogen and oxygen atoms in total. The lowest BCUT2D eigenvalue weighted by atomic mass is 10.1. The number of aliphatic hydroxyl groups is 1. The number of halogens is 3. The topological polar surface area (TPSA) is 29.5 Å². The zero-order valence-electron chi connectivity index (χ0n) is 9.66. The first-order chi connectivity index (χ1) is 7.80. The number of hydrogen-bond donors (Lipinski definition) is 1. The van der Waals surface area contributed by atoms with Crippen LogP contribution in [0.2, 0.25) is 0 Å². The maximum absolute atomic E-state index is 12.1. The summed E-state index contributed by atoms with van der Waals surface area (Å²) in [5.41, 5.74) is 1.84. The van der Waals surface area contributed by atoms with Crippen molar-refractivity contribution in [2.24, 2.45) is 0 Å². The Kier molecular flexibility index (Phi) is 4.54. The molecule has 17 heavy (non-hydrogen) atoms. The quantitative estimate of drug-likeness (QED) is 0.887. The molecule has 0 aliphatic carbocycles. The van der Waals surface area contributed by atoms with Crippen molar-refractivity contribution < 1.29 is 23.0 Å². The Bertz CT molecular complexity index is 346. The van der Waals surface area contributed by atoms with Gasteiger partial charge in [0.2, 0.25) is 0 Å². The van der Waals surface area contributed by atoms with Crippen molar-refractivity contribution in [1.29, 1.82) is 0 Å². The van der Waals surface area contributed by atoms with E-state index in [0.29, 0.717) is 0 Å². The van der Waals surface area contributed by atoms with E-state index >= 15 is 0 Å². The molecule has 96 valence electrons. The molecule has 5 heteroatoms. The molecule has 1 aromatic rings. The van der Waals surface area contributed by atoms with Gasteiger partial charge in [0.05, 0.1) is 12.7 Å². The molecule has 0 spiro atoms. The number of hydrogen-bond acceptors (Lipinski definition) is 2. The molecule has 0 fully saturated rings. The summed E-state index contributed by atoms with van der Waals surface area (Å²) in [5.74, 6) is 0. The van der Waals surface area contributed by atoms with Gasteiger partial charge in [0.25, 0.3) is 0 Å². The van der Waals surface area contributed by atoms with E-state index in [9.17, 15) is 13.2 Å². The SMILES string of the molecule is Cc1ccc(CO[C@@H](C)[C@H](O)C(F)(F)F)cc1. The van der Waals surface area contributed by atoms with E-state index in [0.717, 1.165) is 11.1 Å². The Labute approximate surface area is 98.0 Å². The first-order valence-corrected chi connectivity index (χ1v) is 5.22. The van der Waals surface area contributed by atoms with Crippen LogP contribution in [0.4, 0.5) is 13.2 Å². The Morgan fingerprint density at radius 2 is 1.76 bits per heavy atom. The van der Waals surface area contributed by atoms with Crippen LogP contribution < -0.4 is 0 Å². The summed E-state index contributed by atoms with van der Waals surface area (Å²) in [5, 5.41) is 8.93. The fraction of sp³-hybridized carbons (Fsp3) is 0.500. The predicted molar refractivity (Wildman–Crippen MR) is 57.5 cm³/mol. The number of aliphatic hydroxyl groups excluding tert-OH is 1. The maximum Gasteiger partial charge on any atom is 0.416 e. The van der Waals surface area contributed by atoms with Crippen LogP contribution >= 0.6 is 0 Å². The average molecular weight is 248 g/mol. The van der Waals surface area contributed by atoms with Crippen LogP contribution in [0.15, 0.2) is 24.3 Å². The van der Waals surface area contributed by atoms with E-state index in [1.165, 1.54) is 6.92 Å². The van der Waals surface area contributed by atoms with Crippen LogP contribution in [0.1, 0.15) is 18.1 Å². The molecule has 1 aromatic carbocycles. The van der Waals surface area contributed by atoms with E-state index in [1.807, 2.05) is 19.1 Å². The molecule has 0 aliphatic heterocycles. The molecule has 0 aromatic heterocycles. The van der Waals surface area contributed by atoms with E-state index in [4.69, 9.17) is 9.84 Å². The second kappa shape index (κ2) is 5.51. The van der Waals surface area contributed by atoms with Gasteiger partial charge in [-0.25, -0.2) is 0 Å². The lowest BCUT2D eigenvalue weighted by molar-refractivity contribution is -0.235. The summed E-state index contributed by atoms with van der Waals surface area (Å²) in [7, 11) is 0. The van der Waals surface area contributed by atoms with Gasteiger partial charge in [-0.05, 0) is 19.4 Å². The second-order valence-corrected chi connectivity index (χ2v) is 3.99. The summed E-state index contributed by atoms with van der Waals surface area (Å²) in [6.45, 7) is 3.17. The fourth-order valence-electron chi connectivity index (χ4n) is 1.27. The van der Waals surface area contributed by atoms with Gasteiger partial charge in [0, 0.05) is 0 Å². The number of rotatable bonds is 4. The van der Waals surface area contributed by atoms with Crippen LogP contribution in [-0.4, -0.2) is 23.5 Å². The van der Waals surface area contributed by atoms with E-state index in [-0.39, 0.29) is 6.61 Å². The summed E-state index contributed by atoms with van der Waals surface area (Å²) < 4.78 is 41.4. The van der Waals surface area contributed by atoms with Gasteiger partial charge in [-0.2, -0.15) is 13.2 Å². The van der Waals surface area contributed by atoms with Crippen LogP contribution in [0.5, 0.6) is 0 Å². The standard InChI is InChI=1S/C12H15F3O2/c1-8-3-5-10(6-4-8)7-17-9(2)11(16)12(13,14)15/h3-6,9,11,16H,7H2,1-2H3/t9-,11-/m0/s1. The van der Waals surface area contributed by atoms with Gasteiger partial charge < -0.3 is 9.84 Å². The first-order valence-electron chi connectivity index (χ1n) is 5.22. The summed E-state index contributed by atoms with van der Waals surface area (Å²) in [6, 6.07) is 7.26. The average Bonchev–Trinajstić information content (AvgIpc) is 2.25. The van der Waals surface area contributed by atoms with Gasteiger partial charge >= 0.3 is 6.18 Å². The summed E-state index contributed by atoms with van der Waals surface area (Å²) in [4.78, 5) is 0. The van der Waals surface area contributed by atoms with Crippen molar-refractivity contribution in [3.63, 3.8) is 0 Å². The van der Waals surface area contributed by atoms with Crippen molar-refractivity contribution >= 4 is 0 Å². The molecular weight excluding hydrogens is 233 g/mol. The molecule has 1 rings (SSSR count). The Hall–Kier alpha value is -1.07. The van der Waals surface area contributed by atoms with Crippen molar-refractivity contribution in [2.45, 2.75) is 38.8 Å². The largest absolute Gasteiger partial charge is 0.416 e. The molecule has 1 N–H and O–H groups in total. The highest BCUT2D eigenvalue weighted by atomic mass is 19.4. The van der Waals surface area contributed by atoms with Gasteiger partial charge in [-0.15, -0.1) is 0 Å². The zero-order chi connectivity index (χ0) is 13.1. The van der Waals surface area contributed by atoms with Crippen LogP contribution in [0.3, 0.4) is 0 Å². The molecule has 0 bridgehead atoms. The van der Waals surface area contributed by atoms with Crippen molar-refractivity contribution in [1.82, 2.24) is 0 Å². The lowest BCUT2D eigenvalue weighted by Gasteiger charge is -2.21. The van der Waals surface area contributed by atoms with Crippen LogP contribution in [0, 0.1) is 6.92 Å². The molecule has 0 radical (unpaired) electrons. The van der Waals surface area contributed by atoms with Gasteiger partial charge in [-0.1, -0.05) is 29.8 Å². The fourth-order valence-corrected chi connectivity index (χ4v) is 1.27. The molecule has 0 unspecified atom stereocenters. The Morgan fingerprint density at radius 1 is 1.24 bits per heavy atom. The molecule has 0 saturated heterocycles. The monoisotopic (exact) mass is 248 g/mol. The first kappa shape index (κ1) is 14.0. The second-order valence-electron chi connectivity index (χ2n) is 3.99. The number of ether oxygens (including phenoxy) is 1. The molecule has 0 amide bonds. The highest BCUT2D eigenvalue weighted by molar-refractivity contribution is 5.20. The molecule has 0 saturated carbocycles. The molecule has 0 heterocycles. The normalized spacial score (nSPS) is 15.6. The zero-order valence-corrected chi connectivity index (χ0v) is 9.66. The van der Waals surface area contributed by atoms with E-state index < -0.39 is 18.4 Å². The lowest BCUT2D eigenvalue weighted by Crippen LogP contribution is -2.39. The van der Waals surface area contributed by atoms with Crippen LogP contribution in [0.25, 0.3) is 0 Å². The highest BCUT2D eigenvalue weighted by Crippen LogP contribution is 2.24. The smallest absolute Gasteiger partial charge is 0.381 e. The number of benzene rings is 1. The van der Waals surface area contributed by atoms with Gasteiger partial charge in [0.1, 0.15) is 0 Å². The van der Waals surface area contributed by atoms with Gasteiger partial charge in [0.15, 0.2) is 6.10 Å². The van der Waals surface area contributed by atoms with Crippen molar-refractivity contribution in [2.75, 3.05) is 0 Å². The maximum atomic E-state index is 12.1. The summed E-state index contributed by atoms with van der Waals surface area (Å²) >= 11 is 0. The number of alkyl halides is 3. The van der Waals surface area contributed by atoms with Crippen LogP contribution in [-0.2, 0) is 11.3 Å².